The molecule has 0 spiro atoms. The predicted octanol–water partition coefficient (Wildman–Crippen LogP) is 0.448. The number of nitrogens with one attached hydrogen (secondary N) is 2. The number of anilines is 1. The number of benzene rings is 1. The van der Waals surface area contributed by atoms with Gasteiger partial charge in [-0.3, -0.25) is 20.8 Å². The number of hydrazine groups is 1. The Morgan fingerprint density at radius 1 is 1.50 bits per heavy atom. The summed E-state index contributed by atoms with van der Waals surface area (Å²) in [5.74, 6) is 5.19. The molecule has 4 N–H and O–H groups in total. The molecular weight excluding hydrogens is 262 g/mol. The number of nitrogen functional groups attached to an aromatic ring is 1. The van der Waals surface area contributed by atoms with Crippen LogP contribution in [-0.2, 0) is 11.3 Å². The highest BCUT2D eigenvalue weighted by atomic mass is 16.6. The molecule has 0 heterocycles. The van der Waals surface area contributed by atoms with Crippen LogP contribution < -0.4 is 16.6 Å². The van der Waals surface area contributed by atoms with E-state index in [9.17, 15) is 14.9 Å². The molecule has 0 aliphatic rings. The summed E-state index contributed by atoms with van der Waals surface area (Å²) in [5.41, 5.74) is 3.29. The normalized spacial score (nSPS) is 10.4. The number of carbonyl (C=O) groups excluding carboxylic acids is 1. The average Bonchev–Trinajstić information content (AvgIpc) is 2.44. The molecule has 0 bridgehead atoms. The van der Waals surface area contributed by atoms with Gasteiger partial charge in [0, 0.05) is 32.6 Å². The van der Waals surface area contributed by atoms with E-state index in [2.05, 4.69) is 10.7 Å². The van der Waals surface area contributed by atoms with E-state index in [4.69, 9.17) is 5.84 Å². The first-order valence-corrected chi connectivity index (χ1v) is 6.11. The Morgan fingerprint density at radius 3 is 2.75 bits per heavy atom. The van der Waals surface area contributed by atoms with Gasteiger partial charge < -0.3 is 15.6 Å². The highest BCUT2D eigenvalue weighted by molar-refractivity contribution is 5.75. The summed E-state index contributed by atoms with van der Waals surface area (Å²) >= 11 is 0. The molecule has 0 saturated heterocycles. The molecule has 0 aliphatic heterocycles. The van der Waals surface area contributed by atoms with Crippen LogP contribution >= 0.6 is 0 Å². The van der Waals surface area contributed by atoms with Gasteiger partial charge in [-0.25, -0.2) is 0 Å². The lowest BCUT2D eigenvalue weighted by Gasteiger charge is -2.16. The van der Waals surface area contributed by atoms with Crippen molar-refractivity contribution in [2.24, 2.45) is 5.84 Å². The van der Waals surface area contributed by atoms with Gasteiger partial charge in [-0.1, -0.05) is 6.07 Å². The SMILES string of the molecule is CNC(=O)CCN(C)Cc1ccc(NN)c([N+](=O)[O-])c1. The predicted molar refractivity (Wildman–Crippen MR) is 75.9 cm³/mol. The van der Waals surface area contributed by atoms with Gasteiger partial charge in [0.2, 0.25) is 5.91 Å². The minimum Gasteiger partial charge on any atom is -0.359 e. The number of hydrogen-bond acceptors (Lipinski definition) is 6. The van der Waals surface area contributed by atoms with Crippen LogP contribution in [0, 0.1) is 10.1 Å². The second-order valence-electron chi connectivity index (χ2n) is 4.41. The fourth-order valence-electron chi connectivity index (χ4n) is 1.76. The Labute approximate surface area is 117 Å². The van der Waals surface area contributed by atoms with Crippen LogP contribution in [0.5, 0.6) is 0 Å². The Bertz CT molecular complexity index is 492. The van der Waals surface area contributed by atoms with Crippen molar-refractivity contribution >= 4 is 17.3 Å². The zero-order chi connectivity index (χ0) is 15.1. The minimum absolute atomic E-state index is 0.0366. The molecule has 1 amide bonds. The second kappa shape index (κ2) is 7.41. The van der Waals surface area contributed by atoms with Crippen LogP contribution in [0.25, 0.3) is 0 Å². The molecule has 0 atom stereocenters. The first-order valence-electron chi connectivity index (χ1n) is 6.11. The topological polar surface area (TPSA) is 114 Å². The molecule has 110 valence electrons. The summed E-state index contributed by atoms with van der Waals surface area (Å²) in [6.07, 6.45) is 0.386. The van der Waals surface area contributed by atoms with E-state index >= 15 is 0 Å². The van der Waals surface area contributed by atoms with Crippen LogP contribution in [0.3, 0.4) is 0 Å². The van der Waals surface area contributed by atoms with Crippen LogP contribution in [0.4, 0.5) is 11.4 Å². The Hall–Kier alpha value is -2.19. The maximum Gasteiger partial charge on any atom is 0.293 e. The fourth-order valence-corrected chi connectivity index (χ4v) is 1.76. The lowest BCUT2D eigenvalue weighted by Crippen LogP contribution is -2.26. The maximum absolute atomic E-state index is 11.1. The largest absolute Gasteiger partial charge is 0.359 e. The van der Waals surface area contributed by atoms with Gasteiger partial charge in [0.05, 0.1) is 4.92 Å². The van der Waals surface area contributed by atoms with Crippen molar-refractivity contribution in [2.45, 2.75) is 13.0 Å². The van der Waals surface area contributed by atoms with Gasteiger partial charge in [-0.2, -0.15) is 0 Å². The number of nitrogens with zero attached hydrogens (tertiary/aromatic N) is 2. The van der Waals surface area contributed by atoms with E-state index < -0.39 is 4.92 Å². The molecule has 0 unspecified atom stereocenters. The molecule has 0 fully saturated rings. The third-order valence-electron chi connectivity index (χ3n) is 2.87. The highest BCUT2D eigenvalue weighted by Crippen LogP contribution is 2.25. The molecular formula is C12H19N5O3. The summed E-state index contributed by atoms with van der Waals surface area (Å²) in [5, 5.41) is 13.5. The van der Waals surface area contributed by atoms with Gasteiger partial charge in [0.25, 0.3) is 5.69 Å². The van der Waals surface area contributed by atoms with Crippen molar-refractivity contribution < 1.29 is 9.72 Å². The number of nitrogens with two attached hydrogens (primary N) is 1. The zero-order valence-electron chi connectivity index (χ0n) is 11.5. The van der Waals surface area contributed by atoms with E-state index in [0.717, 1.165) is 5.56 Å². The van der Waals surface area contributed by atoms with Gasteiger partial charge in [-0.15, -0.1) is 0 Å². The van der Waals surface area contributed by atoms with E-state index in [1.807, 2.05) is 11.9 Å². The fraction of sp³-hybridized carbons (Fsp3) is 0.417. The highest BCUT2D eigenvalue weighted by Gasteiger charge is 2.14. The first kappa shape index (κ1) is 15.9. The van der Waals surface area contributed by atoms with Crippen molar-refractivity contribution in [3.63, 3.8) is 0 Å². The van der Waals surface area contributed by atoms with Crippen molar-refractivity contribution in [1.29, 1.82) is 0 Å². The number of carbonyl (C=O) groups is 1. The standard InChI is InChI=1S/C12H19N5O3/c1-14-12(18)5-6-16(2)8-9-3-4-10(15-13)11(7-9)17(19)20/h3-4,7,15H,5-6,8,13H2,1-2H3,(H,14,18). The lowest BCUT2D eigenvalue weighted by molar-refractivity contribution is -0.384. The van der Waals surface area contributed by atoms with Crippen molar-refractivity contribution in [3.05, 3.63) is 33.9 Å². The molecule has 1 aromatic carbocycles. The number of amides is 1. The number of hydrogen-bond donors (Lipinski definition) is 3. The van der Waals surface area contributed by atoms with E-state index in [0.29, 0.717) is 19.5 Å². The summed E-state index contributed by atoms with van der Waals surface area (Å²) in [6.45, 7) is 1.09. The van der Waals surface area contributed by atoms with E-state index in [1.54, 1.807) is 19.2 Å². The van der Waals surface area contributed by atoms with Crippen LogP contribution in [0.2, 0.25) is 0 Å². The molecule has 20 heavy (non-hydrogen) atoms. The van der Waals surface area contributed by atoms with Crippen LogP contribution in [-0.4, -0.2) is 36.4 Å². The van der Waals surface area contributed by atoms with Gasteiger partial charge in [-0.05, 0) is 18.7 Å². The quantitative estimate of drug-likeness (QED) is 0.380. The molecule has 1 aromatic rings. The third-order valence-corrected chi connectivity index (χ3v) is 2.87. The summed E-state index contributed by atoms with van der Waals surface area (Å²) < 4.78 is 0. The average molecular weight is 281 g/mol. The van der Waals surface area contributed by atoms with Crippen LogP contribution in [0.15, 0.2) is 18.2 Å². The lowest BCUT2D eigenvalue weighted by atomic mass is 10.1. The molecule has 0 aromatic heterocycles. The number of nitro groups is 1. The Morgan fingerprint density at radius 2 is 2.20 bits per heavy atom. The maximum atomic E-state index is 11.1. The minimum atomic E-state index is -0.483. The number of rotatable bonds is 7. The Kier molecular flexibility index (Phi) is 5.88. The van der Waals surface area contributed by atoms with E-state index in [1.165, 1.54) is 6.07 Å². The van der Waals surface area contributed by atoms with Gasteiger partial charge in [0.1, 0.15) is 5.69 Å². The van der Waals surface area contributed by atoms with Crippen LogP contribution in [0.1, 0.15) is 12.0 Å². The number of nitro benzene ring substituents is 1. The Balaban J connectivity index is 2.70. The molecule has 0 aliphatic carbocycles. The zero-order valence-corrected chi connectivity index (χ0v) is 11.5. The molecule has 8 nitrogen and oxygen atoms in total. The molecule has 0 radical (unpaired) electrons. The summed E-state index contributed by atoms with van der Waals surface area (Å²) in [4.78, 5) is 23.5. The summed E-state index contributed by atoms with van der Waals surface area (Å²) in [7, 11) is 3.44. The van der Waals surface area contributed by atoms with Crippen molar-refractivity contribution in [1.82, 2.24) is 10.2 Å². The second-order valence-corrected chi connectivity index (χ2v) is 4.41. The summed E-state index contributed by atoms with van der Waals surface area (Å²) in [6, 6.07) is 4.81. The van der Waals surface area contributed by atoms with Gasteiger partial charge in [0.15, 0.2) is 0 Å². The molecule has 8 heteroatoms. The van der Waals surface area contributed by atoms with Crippen molar-refractivity contribution in [2.75, 3.05) is 26.1 Å². The molecule has 1 rings (SSSR count). The van der Waals surface area contributed by atoms with Gasteiger partial charge >= 0.3 is 0 Å². The van der Waals surface area contributed by atoms with Crippen molar-refractivity contribution in [3.8, 4) is 0 Å². The molecule has 0 saturated carbocycles. The monoisotopic (exact) mass is 281 g/mol. The first-order chi connectivity index (χ1) is 9.47. The smallest absolute Gasteiger partial charge is 0.293 e. The third kappa shape index (κ3) is 4.48. The van der Waals surface area contributed by atoms with E-state index in [-0.39, 0.29) is 17.3 Å².